The minimum absolute atomic E-state index is 0.847. The summed E-state index contributed by atoms with van der Waals surface area (Å²) in [7, 11) is 0. The van der Waals surface area contributed by atoms with E-state index in [-0.39, 0.29) is 0 Å². The van der Waals surface area contributed by atoms with E-state index in [1.54, 1.807) is 0 Å². The first kappa shape index (κ1) is 21.1. The van der Waals surface area contributed by atoms with Crippen molar-refractivity contribution in [2.75, 3.05) is 0 Å². The van der Waals surface area contributed by atoms with Crippen molar-refractivity contribution < 1.29 is 4.42 Å². The number of furan rings is 1. The van der Waals surface area contributed by atoms with Gasteiger partial charge in [-0.2, -0.15) is 0 Å². The van der Waals surface area contributed by atoms with Crippen LogP contribution in [0.1, 0.15) is 11.3 Å². The molecule has 0 aliphatic heterocycles. The van der Waals surface area contributed by atoms with Gasteiger partial charge in [-0.05, 0) is 90.2 Å². The first-order chi connectivity index (χ1) is 17.1. The number of hydrogen-bond donors (Lipinski definition) is 0. The third kappa shape index (κ3) is 4.13. The number of aryl methyl sites for hydroxylation is 2. The molecule has 3 heteroatoms. The van der Waals surface area contributed by atoms with Crippen LogP contribution >= 0.6 is 0 Å². The molecule has 0 radical (unpaired) electrons. The maximum absolute atomic E-state index is 6.33. The molecule has 3 nitrogen and oxygen atoms in total. The van der Waals surface area contributed by atoms with Gasteiger partial charge in [0.1, 0.15) is 11.3 Å². The lowest BCUT2D eigenvalue weighted by Crippen LogP contribution is -1.88. The number of nitrogens with zero attached hydrogens (tertiary/aromatic N) is 2. The van der Waals surface area contributed by atoms with Crippen molar-refractivity contribution in [2.24, 2.45) is 0 Å². The summed E-state index contributed by atoms with van der Waals surface area (Å²) in [4.78, 5) is 8.92. The van der Waals surface area contributed by atoms with E-state index < -0.39 is 0 Å². The Kier molecular flexibility index (Phi) is 5.23. The van der Waals surface area contributed by atoms with Gasteiger partial charge in [0, 0.05) is 34.6 Å². The standard InChI is InChI=1S/C32H24N2O/c1-21-11-13-34-30(15-21)25-10-6-9-24(17-25)28-18-27-19-31(26-12-14-33-22(2)16-26)35-32(27)20-29(28)23-7-4-3-5-8-23/h3-20H,1-2H3. The van der Waals surface area contributed by atoms with Crippen LogP contribution in [-0.2, 0) is 0 Å². The summed E-state index contributed by atoms with van der Waals surface area (Å²) < 4.78 is 6.33. The normalized spacial score (nSPS) is 11.1. The van der Waals surface area contributed by atoms with E-state index in [4.69, 9.17) is 4.42 Å². The summed E-state index contributed by atoms with van der Waals surface area (Å²) in [6.07, 6.45) is 3.69. The average Bonchev–Trinajstić information content (AvgIpc) is 3.32. The summed E-state index contributed by atoms with van der Waals surface area (Å²) >= 11 is 0. The van der Waals surface area contributed by atoms with Gasteiger partial charge in [-0.15, -0.1) is 0 Å². The van der Waals surface area contributed by atoms with Gasteiger partial charge in [0.2, 0.25) is 0 Å². The molecular formula is C32H24N2O. The molecule has 35 heavy (non-hydrogen) atoms. The molecule has 0 atom stereocenters. The molecule has 6 rings (SSSR count). The molecule has 0 fully saturated rings. The second-order valence-corrected chi connectivity index (χ2v) is 8.90. The van der Waals surface area contributed by atoms with Crippen LogP contribution in [0.4, 0.5) is 0 Å². The van der Waals surface area contributed by atoms with Gasteiger partial charge in [0.25, 0.3) is 0 Å². The van der Waals surface area contributed by atoms with E-state index in [0.29, 0.717) is 0 Å². The van der Waals surface area contributed by atoms with Gasteiger partial charge in [-0.3, -0.25) is 9.97 Å². The molecule has 0 saturated carbocycles. The zero-order valence-corrected chi connectivity index (χ0v) is 19.7. The van der Waals surface area contributed by atoms with Crippen molar-refractivity contribution in [3.63, 3.8) is 0 Å². The molecule has 0 N–H and O–H groups in total. The van der Waals surface area contributed by atoms with E-state index in [9.17, 15) is 0 Å². The topological polar surface area (TPSA) is 38.9 Å². The van der Waals surface area contributed by atoms with Gasteiger partial charge < -0.3 is 4.42 Å². The molecule has 168 valence electrons. The highest BCUT2D eigenvalue weighted by molar-refractivity contribution is 5.96. The predicted octanol–water partition coefficient (Wildman–Crippen LogP) is 8.51. The zero-order chi connectivity index (χ0) is 23.8. The van der Waals surface area contributed by atoms with Crippen molar-refractivity contribution in [1.82, 2.24) is 9.97 Å². The van der Waals surface area contributed by atoms with E-state index >= 15 is 0 Å². The van der Waals surface area contributed by atoms with Crippen LogP contribution in [0.5, 0.6) is 0 Å². The second kappa shape index (κ2) is 8.69. The number of benzene rings is 3. The minimum Gasteiger partial charge on any atom is -0.456 e. The van der Waals surface area contributed by atoms with E-state index in [2.05, 4.69) is 95.8 Å². The molecule has 0 bridgehead atoms. The summed E-state index contributed by atoms with van der Waals surface area (Å²) in [6, 6.07) is 33.8. The number of pyridine rings is 2. The smallest absolute Gasteiger partial charge is 0.135 e. The Hall–Kier alpha value is -4.50. The fourth-order valence-corrected chi connectivity index (χ4v) is 4.56. The van der Waals surface area contributed by atoms with Crippen molar-refractivity contribution in [1.29, 1.82) is 0 Å². The molecule has 0 aliphatic carbocycles. The molecule has 3 aromatic carbocycles. The summed E-state index contributed by atoms with van der Waals surface area (Å²) in [5.74, 6) is 0.847. The Labute approximate surface area is 204 Å². The third-order valence-electron chi connectivity index (χ3n) is 6.31. The molecule has 0 amide bonds. The van der Waals surface area contributed by atoms with Gasteiger partial charge in [-0.25, -0.2) is 0 Å². The van der Waals surface area contributed by atoms with Crippen molar-refractivity contribution in [2.45, 2.75) is 13.8 Å². The first-order valence-electron chi connectivity index (χ1n) is 11.7. The lowest BCUT2D eigenvalue weighted by molar-refractivity contribution is 0.631. The predicted molar refractivity (Wildman–Crippen MR) is 143 cm³/mol. The SMILES string of the molecule is Cc1ccnc(-c2cccc(-c3cc4cc(-c5ccnc(C)c5)oc4cc3-c3ccccc3)c2)c1. The van der Waals surface area contributed by atoms with Crippen molar-refractivity contribution >= 4 is 11.0 Å². The molecule has 0 saturated heterocycles. The Bertz CT molecular complexity index is 1660. The summed E-state index contributed by atoms with van der Waals surface area (Å²) in [5, 5.41) is 1.07. The molecule has 6 aromatic rings. The van der Waals surface area contributed by atoms with Crippen LogP contribution in [0.25, 0.3) is 55.8 Å². The summed E-state index contributed by atoms with van der Waals surface area (Å²) in [6.45, 7) is 4.09. The van der Waals surface area contributed by atoms with E-state index in [1.165, 1.54) is 5.56 Å². The highest BCUT2D eigenvalue weighted by Gasteiger charge is 2.15. The number of aromatic nitrogens is 2. The van der Waals surface area contributed by atoms with Crippen LogP contribution in [0.3, 0.4) is 0 Å². The van der Waals surface area contributed by atoms with Crippen molar-refractivity contribution in [3.8, 4) is 44.8 Å². The highest BCUT2D eigenvalue weighted by atomic mass is 16.3. The highest BCUT2D eigenvalue weighted by Crippen LogP contribution is 2.39. The molecule has 0 spiro atoms. The fraction of sp³-hybridized carbons (Fsp3) is 0.0625. The minimum atomic E-state index is 0.847. The molecule has 3 heterocycles. The van der Waals surface area contributed by atoms with Gasteiger partial charge >= 0.3 is 0 Å². The maximum atomic E-state index is 6.33. The van der Waals surface area contributed by atoms with Gasteiger partial charge in [-0.1, -0.05) is 48.5 Å². The van der Waals surface area contributed by atoms with Crippen LogP contribution in [0.15, 0.2) is 114 Å². The van der Waals surface area contributed by atoms with E-state index in [1.807, 2.05) is 37.5 Å². The monoisotopic (exact) mass is 452 g/mol. The van der Waals surface area contributed by atoms with Gasteiger partial charge in [0.15, 0.2) is 0 Å². The number of hydrogen-bond acceptors (Lipinski definition) is 3. The van der Waals surface area contributed by atoms with Crippen LogP contribution in [0.2, 0.25) is 0 Å². The largest absolute Gasteiger partial charge is 0.456 e. The molecule has 0 aliphatic rings. The molecule has 3 aromatic heterocycles. The van der Waals surface area contributed by atoms with Crippen LogP contribution < -0.4 is 0 Å². The first-order valence-corrected chi connectivity index (χ1v) is 11.7. The molecule has 0 unspecified atom stereocenters. The Morgan fingerprint density at radius 2 is 1.34 bits per heavy atom. The lowest BCUT2D eigenvalue weighted by Gasteiger charge is -2.12. The fourth-order valence-electron chi connectivity index (χ4n) is 4.56. The van der Waals surface area contributed by atoms with Gasteiger partial charge in [0.05, 0.1) is 5.69 Å². The Balaban J connectivity index is 1.55. The maximum Gasteiger partial charge on any atom is 0.135 e. The lowest BCUT2D eigenvalue weighted by atomic mass is 9.92. The Morgan fingerprint density at radius 3 is 2.17 bits per heavy atom. The average molecular weight is 453 g/mol. The quantitative estimate of drug-likeness (QED) is 0.269. The zero-order valence-electron chi connectivity index (χ0n) is 19.7. The second-order valence-electron chi connectivity index (χ2n) is 8.90. The van der Waals surface area contributed by atoms with Crippen molar-refractivity contribution in [3.05, 3.63) is 121 Å². The molecular weight excluding hydrogens is 428 g/mol. The number of fused-ring (bicyclic) bond motifs is 1. The Morgan fingerprint density at radius 1 is 0.571 bits per heavy atom. The van der Waals surface area contributed by atoms with Crippen LogP contribution in [0, 0.1) is 13.8 Å². The summed E-state index contributed by atoms with van der Waals surface area (Å²) in [5.41, 5.74) is 10.8. The third-order valence-corrected chi connectivity index (χ3v) is 6.31. The number of rotatable bonds is 4. The van der Waals surface area contributed by atoms with Crippen LogP contribution in [-0.4, -0.2) is 9.97 Å². The van der Waals surface area contributed by atoms with E-state index in [0.717, 1.165) is 61.5 Å².